The number of piperazine rings is 1. The van der Waals surface area contributed by atoms with E-state index in [1.54, 1.807) is 0 Å². The van der Waals surface area contributed by atoms with E-state index in [-0.39, 0.29) is 0 Å². The van der Waals surface area contributed by atoms with Gasteiger partial charge >= 0.3 is 0 Å². The maximum atomic E-state index is 6.17. The molecule has 2 fully saturated rings. The average Bonchev–Trinajstić information content (AvgIpc) is 2.68. The van der Waals surface area contributed by atoms with E-state index in [2.05, 4.69) is 50.9 Å². The topological polar surface area (TPSA) is 57.3 Å². The Morgan fingerprint density at radius 3 is 2.32 bits per heavy atom. The number of likely N-dealkylation sites (N-methyl/N-ethyl adjacent to an activating group) is 1. The van der Waals surface area contributed by atoms with Crippen molar-refractivity contribution in [2.45, 2.75) is 20.0 Å². The van der Waals surface area contributed by atoms with Crippen LogP contribution in [0.2, 0.25) is 0 Å². The zero-order chi connectivity index (χ0) is 17.5. The van der Waals surface area contributed by atoms with Crippen LogP contribution in [0.3, 0.4) is 0 Å². The fraction of sp³-hybridized carbons (Fsp3) is 0.632. The molecule has 6 heteroatoms. The molecule has 0 saturated carbocycles. The molecular formula is C19H31N5O. The lowest BCUT2D eigenvalue weighted by Crippen LogP contribution is -2.45. The minimum Gasteiger partial charge on any atom is -0.378 e. The number of ether oxygens (including phenoxy) is 1. The minimum atomic E-state index is 0.634. The Morgan fingerprint density at radius 2 is 1.64 bits per heavy atom. The molecule has 25 heavy (non-hydrogen) atoms. The second-order valence-corrected chi connectivity index (χ2v) is 6.75. The van der Waals surface area contributed by atoms with Crippen molar-refractivity contribution in [3.8, 4) is 0 Å². The van der Waals surface area contributed by atoms with Crippen LogP contribution >= 0.6 is 0 Å². The minimum absolute atomic E-state index is 0.634. The van der Waals surface area contributed by atoms with Crippen molar-refractivity contribution < 1.29 is 4.74 Å². The molecule has 2 aliphatic rings. The van der Waals surface area contributed by atoms with Crippen LogP contribution < -0.4 is 5.73 Å². The smallest absolute Gasteiger partial charge is 0.191 e. The highest BCUT2D eigenvalue weighted by molar-refractivity contribution is 5.78. The number of nitrogens with two attached hydrogens (primary N) is 1. The summed E-state index contributed by atoms with van der Waals surface area (Å²) >= 11 is 0. The molecule has 0 atom stereocenters. The van der Waals surface area contributed by atoms with E-state index < -0.39 is 0 Å². The first kappa shape index (κ1) is 18.2. The largest absolute Gasteiger partial charge is 0.378 e. The summed E-state index contributed by atoms with van der Waals surface area (Å²) in [6.07, 6.45) is 0. The lowest BCUT2D eigenvalue weighted by atomic mass is 10.1. The van der Waals surface area contributed by atoms with Gasteiger partial charge in [-0.25, -0.2) is 4.99 Å². The number of hydrogen-bond acceptors (Lipinski definition) is 4. The fourth-order valence-corrected chi connectivity index (χ4v) is 3.43. The Bertz CT molecular complexity index is 563. The summed E-state index contributed by atoms with van der Waals surface area (Å²) in [7, 11) is 0. The summed E-state index contributed by atoms with van der Waals surface area (Å²) < 4.78 is 5.37. The molecule has 3 rings (SSSR count). The molecule has 2 N–H and O–H groups in total. The normalized spacial score (nSPS) is 20.8. The summed E-state index contributed by atoms with van der Waals surface area (Å²) in [6.45, 7) is 12.8. The van der Waals surface area contributed by atoms with Gasteiger partial charge in [0.05, 0.1) is 19.8 Å². The van der Waals surface area contributed by atoms with Crippen LogP contribution in [0.5, 0.6) is 0 Å². The third-order valence-electron chi connectivity index (χ3n) is 5.17. The number of hydrogen-bond donors (Lipinski definition) is 1. The van der Waals surface area contributed by atoms with Gasteiger partial charge in [0.15, 0.2) is 5.96 Å². The molecule has 6 nitrogen and oxygen atoms in total. The first-order valence-corrected chi connectivity index (χ1v) is 9.40. The van der Waals surface area contributed by atoms with E-state index in [0.29, 0.717) is 12.5 Å². The highest BCUT2D eigenvalue weighted by Crippen LogP contribution is 2.15. The van der Waals surface area contributed by atoms with Crippen LogP contribution in [0.25, 0.3) is 0 Å². The highest BCUT2D eigenvalue weighted by Gasteiger charge is 2.17. The SMILES string of the molecule is CCN1CCN(Cc2ccccc2CN=C(N)N2CCOCC2)CC1. The van der Waals surface area contributed by atoms with Gasteiger partial charge in [0.25, 0.3) is 0 Å². The van der Waals surface area contributed by atoms with Crippen molar-refractivity contribution in [3.63, 3.8) is 0 Å². The summed E-state index contributed by atoms with van der Waals surface area (Å²) in [5.41, 5.74) is 8.81. The van der Waals surface area contributed by atoms with E-state index in [9.17, 15) is 0 Å². The quantitative estimate of drug-likeness (QED) is 0.637. The van der Waals surface area contributed by atoms with Crippen molar-refractivity contribution in [2.24, 2.45) is 10.7 Å². The van der Waals surface area contributed by atoms with Crippen molar-refractivity contribution >= 4 is 5.96 Å². The van der Waals surface area contributed by atoms with Crippen LogP contribution in [-0.2, 0) is 17.8 Å². The van der Waals surface area contributed by atoms with Gasteiger partial charge in [-0.2, -0.15) is 0 Å². The first-order valence-electron chi connectivity index (χ1n) is 9.40. The van der Waals surface area contributed by atoms with Crippen LogP contribution in [0.1, 0.15) is 18.1 Å². The molecule has 0 aromatic heterocycles. The predicted octanol–water partition coefficient (Wildman–Crippen LogP) is 0.971. The Labute approximate surface area is 151 Å². The zero-order valence-electron chi connectivity index (χ0n) is 15.4. The molecule has 1 aromatic carbocycles. The van der Waals surface area contributed by atoms with Gasteiger partial charge in [-0.3, -0.25) is 4.90 Å². The number of guanidine groups is 1. The van der Waals surface area contributed by atoms with E-state index >= 15 is 0 Å². The van der Waals surface area contributed by atoms with Crippen molar-refractivity contribution in [1.82, 2.24) is 14.7 Å². The van der Waals surface area contributed by atoms with Gasteiger partial charge in [0.2, 0.25) is 0 Å². The van der Waals surface area contributed by atoms with Gasteiger partial charge in [-0.15, -0.1) is 0 Å². The Balaban J connectivity index is 1.59. The second kappa shape index (κ2) is 9.17. The third-order valence-corrected chi connectivity index (χ3v) is 5.17. The molecule has 0 radical (unpaired) electrons. The number of benzene rings is 1. The van der Waals surface area contributed by atoms with Crippen LogP contribution in [0.4, 0.5) is 0 Å². The second-order valence-electron chi connectivity index (χ2n) is 6.75. The van der Waals surface area contributed by atoms with Gasteiger partial charge < -0.3 is 20.3 Å². The van der Waals surface area contributed by atoms with Gasteiger partial charge in [0.1, 0.15) is 0 Å². The first-order chi connectivity index (χ1) is 12.3. The molecule has 0 bridgehead atoms. The maximum absolute atomic E-state index is 6.17. The van der Waals surface area contributed by atoms with Crippen LogP contribution in [-0.4, -0.2) is 79.7 Å². The summed E-state index contributed by atoms with van der Waals surface area (Å²) in [5.74, 6) is 0.634. The van der Waals surface area contributed by atoms with Gasteiger partial charge in [0, 0.05) is 45.8 Å². The molecule has 2 heterocycles. The monoisotopic (exact) mass is 345 g/mol. The van der Waals surface area contributed by atoms with Gasteiger partial charge in [-0.05, 0) is 17.7 Å². The van der Waals surface area contributed by atoms with E-state index in [1.165, 1.54) is 24.2 Å². The molecule has 2 aliphatic heterocycles. The lowest BCUT2D eigenvalue weighted by Gasteiger charge is -2.34. The van der Waals surface area contributed by atoms with Crippen molar-refractivity contribution in [2.75, 3.05) is 59.0 Å². The maximum Gasteiger partial charge on any atom is 0.191 e. The average molecular weight is 345 g/mol. The standard InChI is InChI=1S/C19H31N5O/c1-2-22-7-9-23(10-8-22)16-18-6-4-3-5-17(18)15-21-19(20)24-11-13-25-14-12-24/h3-6H,2,7-16H2,1H3,(H2,20,21). The summed E-state index contributed by atoms with van der Waals surface area (Å²) in [4.78, 5) is 11.8. The van der Waals surface area contributed by atoms with Crippen molar-refractivity contribution in [3.05, 3.63) is 35.4 Å². The molecule has 1 aromatic rings. The van der Waals surface area contributed by atoms with Crippen molar-refractivity contribution in [1.29, 1.82) is 0 Å². The molecule has 2 saturated heterocycles. The third kappa shape index (κ3) is 5.17. The number of aliphatic imine (C=N–C) groups is 1. The predicted molar refractivity (Wildman–Crippen MR) is 102 cm³/mol. The molecule has 0 spiro atoms. The Hall–Kier alpha value is -1.63. The Kier molecular flexibility index (Phi) is 6.67. The van der Waals surface area contributed by atoms with Gasteiger partial charge in [-0.1, -0.05) is 31.2 Å². The highest BCUT2D eigenvalue weighted by atomic mass is 16.5. The fourth-order valence-electron chi connectivity index (χ4n) is 3.43. The molecular weight excluding hydrogens is 314 g/mol. The van der Waals surface area contributed by atoms with Crippen LogP contribution in [0.15, 0.2) is 29.3 Å². The lowest BCUT2D eigenvalue weighted by molar-refractivity contribution is 0.0674. The van der Waals surface area contributed by atoms with E-state index in [4.69, 9.17) is 10.5 Å². The van der Waals surface area contributed by atoms with E-state index in [0.717, 1.165) is 52.5 Å². The van der Waals surface area contributed by atoms with Crippen LogP contribution in [0, 0.1) is 0 Å². The number of morpholine rings is 1. The molecule has 0 unspecified atom stereocenters. The Morgan fingerprint density at radius 1 is 1.00 bits per heavy atom. The molecule has 138 valence electrons. The number of rotatable bonds is 5. The summed E-state index contributed by atoms with van der Waals surface area (Å²) in [6, 6.07) is 8.61. The molecule has 0 aliphatic carbocycles. The van der Waals surface area contributed by atoms with E-state index in [1.807, 2.05) is 0 Å². The zero-order valence-corrected chi connectivity index (χ0v) is 15.4. The molecule has 0 amide bonds. The number of nitrogens with zero attached hydrogens (tertiary/aromatic N) is 4. The summed E-state index contributed by atoms with van der Waals surface area (Å²) in [5, 5.41) is 0.